The molecule has 0 saturated carbocycles. The van der Waals surface area contributed by atoms with Crippen LogP contribution in [0.1, 0.15) is 30.5 Å². The van der Waals surface area contributed by atoms with E-state index in [4.69, 9.17) is 4.74 Å². The highest BCUT2D eigenvalue weighted by Gasteiger charge is 2.03. The van der Waals surface area contributed by atoms with Crippen molar-refractivity contribution in [2.24, 2.45) is 4.99 Å². The summed E-state index contributed by atoms with van der Waals surface area (Å²) in [5.74, 6) is 1.41. The predicted octanol–water partition coefficient (Wildman–Crippen LogP) is 2.91. The molecule has 5 heteroatoms. The van der Waals surface area contributed by atoms with E-state index in [1.807, 2.05) is 12.1 Å². The summed E-state index contributed by atoms with van der Waals surface area (Å²) < 4.78 is 5.15. The average Bonchev–Trinajstić information content (AvgIpc) is 2.64. The fourth-order valence-electron chi connectivity index (χ4n) is 2.43. The van der Waals surface area contributed by atoms with Gasteiger partial charge in [0.25, 0.3) is 0 Å². The van der Waals surface area contributed by atoms with Crippen molar-refractivity contribution < 1.29 is 4.74 Å². The van der Waals surface area contributed by atoms with Crippen LogP contribution in [0.15, 0.2) is 47.6 Å². The van der Waals surface area contributed by atoms with E-state index >= 15 is 0 Å². The third kappa shape index (κ3) is 5.26. The summed E-state index contributed by atoms with van der Waals surface area (Å²) in [6.07, 6.45) is 2.77. The second kappa shape index (κ2) is 9.55. The second-order valence-electron chi connectivity index (χ2n) is 5.38. The van der Waals surface area contributed by atoms with Gasteiger partial charge in [0.1, 0.15) is 0 Å². The lowest BCUT2D eigenvalue weighted by molar-refractivity contribution is 0.397. The highest BCUT2D eigenvalue weighted by molar-refractivity contribution is 5.79. The Kier molecular flexibility index (Phi) is 7.08. The van der Waals surface area contributed by atoms with Gasteiger partial charge in [-0.1, -0.05) is 31.2 Å². The first-order chi connectivity index (χ1) is 11.8. The van der Waals surface area contributed by atoms with Gasteiger partial charge in [-0.2, -0.15) is 0 Å². The molecule has 0 aliphatic heterocycles. The van der Waals surface area contributed by atoms with E-state index in [-0.39, 0.29) is 0 Å². The summed E-state index contributed by atoms with van der Waals surface area (Å²) in [6, 6.07) is 12.3. The highest BCUT2D eigenvalue weighted by Crippen LogP contribution is 2.10. The van der Waals surface area contributed by atoms with Gasteiger partial charge in [0.05, 0.1) is 13.7 Å². The van der Waals surface area contributed by atoms with E-state index < -0.39 is 0 Å². The third-order valence-electron chi connectivity index (χ3n) is 3.72. The Bertz CT molecular complexity index is 670. The zero-order chi connectivity index (χ0) is 17.2. The van der Waals surface area contributed by atoms with Crippen LogP contribution < -0.4 is 15.4 Å². The summed E-state index contributed by atoms with van der Waals surface area (Å²) in [6.45, 7) is 6.39. The molecule has 128 valence electrons. The van der Waals surface area contributed by atoms with E-state index in [0.717, 1.165) is 31.0 Å². The van der Waals surface area contributed by atoms with Gasteiger partial charge in [0.2, 0.25) is 5.88 Å². The Labute approximate surface area is 144 Å². The average molecular weight is 326 g/mol. The molecule has 0 aliphatic carbocycles. The number of nitrogens with zero attached hydrogens (tertiary/aromatic N) is 2. The fraction of sp³-hybridized carbons (Fsp3) is 0.368. The van der Waals surface area contributed by atoms with Crippen molar-refractivity contribution >= 4 is 5.96 Å². The maximum atomic E-state index is 5.15. The Balaban J connectivity index is 2.02. The minimum Gasteiger partial charge on any atom is -0.481 e. The lowest BCUT2D eigenvalue weighted by Gasteiger charge is -2.13. The fourth-order valence-corrected chi connectivity index (χ4v) is 2.43. The number of hydrogen-bond acceptors (Lipinski definition) is 3. The molecular formula is C19H26N4O. The van der Waals surface area contributed by atoms with Crippen LogP contribution in [-0.4, -0.2) is 24.6 Å². The SMILES string of the molecule is CCNC(=NCc1ccnc(OC)c1)NCc1ccccc1CC. The topological polar surface area (TPSA) is 58.5 Å². The smallest absolute Gasteiger partial charge is 0.213 e. The molecule has 2 rings (SSSR count). The summed E-state index contributed by atoms with van der Waals surface area (Å²) >= 11 is 0. The van der Waals surface area contributed by atoms with Crippen molar-refractivity contribution in [3.63, 3.8) is 0 Å². The molecule has 5 nitrogen and oxygen atoms in total. The zero-order valence-corrected chi connectivity index (χ0v) is 14.7. The number of methoxy groups -OCH3 is 1. The van der Waals surface area contributed by atoms with Crippen molar-refractivity contribution in [3.05, 3.63) is 59.3 Å². The molecular weight excluding hydrogens is 300 g/mol. The molecule has 2 N–H and O–H groups in total. The van der Waals surface area contributed by atoms with E-state index in [1.54, 1.807) is 13.3 Å². The van der Waals surface area contributed by atoms with Crippen molar-refractivity contribution in [2.45, 2.75) is 33.4 Å². The normalized spacial score (nSPS) is 11.2. The first kappa shape index (κ1) is 17.8. The summed E-state index contributed by atoms with van der Waals surface area (Å²) in [5.41, 5.74) is 3.73. The molecule has 2 aromatic rings. The van der Waals surface area contributed by atoms with Crippen molar-refractivity contribution in [1.29, 1.82) is 0 Å². The zero-order valence-electron chi connectivity index (χ0n) is 14.7. The minimum absolute atomic E-state index is 0.573. The Morgan fingerprint density at radius 3 is 2.62 bits per heavy atom. The standard InChI is InChI=1S/C19H26N4O/c1-4-16-8-6-7-9-17(16)14-23-19(20-5-2)22-13-15-10-11-21-18(12-15)24-3/h6-12H,4-5,13-14H2,1-3H3,(H2,20,22,23). The number of rotatable bonds is 7. The van der Waals surface area contributed by atoms with Crippen LogP contribution in [0, 0.1) is 0 Å². The molecule has 0 aliphatic rings. The van der Waals surface area contributed by atoms with Crippen LogP contribution in [0.3, 0.4) is 0 Å². The number of hydrogen-bond donors (Lipinski definition) is 2. The van der Waals surface area contributed by atoms with Gasteiger partial charge in [-0.15, -0.1) is 0 Å². The third-order valence-corrected chi connectivity index (χ3v) is 3.72. The lowest BCUT2D eigenvalue weighted by Crippen LogP contribution is -2.37. The van der Waals surface area contributed by atoms with Gasteiger partial charge in [-0.3, -0.25) is 0 Å². The molecule has 1 aromatic carbocycles. The molecule has 0 fully saturated rings. The van der Waals surface area contributed by atoms with Crippen LogP contribution in [0.5, 0.6) is 5.88 Å². The maximum absolute atomic E-state index is 5.15. The molecule has 1 heterocycles. The monoisotopic (exact) mass is 326 g/mol. The Morgan fingerprint density at radius 1 is 1.12 bits per heavy atom. The number of guanidine groups is 1. The van der Waals surface area contributed by atoms with Gasteiger partial charge < -0.3 is 15.4 Å². The molecule has 0 atom stereocenters. The Morgan fingerprint density at radius 2 is 1.92 bits per heavy atom. The highest BCUT2D eigenvalue weighted by atomic mass is 16.5. The first-order valence-corrected chi connectivity index (χ1v) is 8.34. The van der Waals surface area contributed by atoms with E-state index in [0.29, 0.717) is 12.4 Å². The van der Waals surface area contributed by atoms with Crippen molar-refractivity contribution in [2.75, 3.05) is 13.7 Å². The van der Waals surface area contributed by atoms with Crippen LogP contribution in [-0.2, 0) is 19.5 Å². The quantitative estimate of drug-likeness (QED) is 0.607. The molecule has 0 radical (unpaired) electrons. The minimum atomic E-state index is 0.573. The van der Waals surface area contributed by atoms with Crippen LogP contribution in [0.2, 0.25) is 0 Å². The van der Waals surface area contributed by atoms with Crippen molar-refractivity contribution in [3.8, 4) is 5.88 Å². The van der Waals surface area contributed by atoms with Gasteiger partial charge in [0.15, 0.2) is 5.96 Å². The Hall–Kier alpha value is -2.56. The molecule has 0 bridgehead atoms. The summed E-state index contributed by atoms with van der Waals surface area (Å²) in [7, 11) is 1.62. The number of pyridine rings is 1. The lowest BCUT2D eigenvalue weighted by atomic mass is 10.1. The molecule has 24 heavy (non-hydrogen) atoms. The van der Waals surface area contributed by atoms with Gasteiger partial charge in [-0.25, -0.2) is 9.98 Å². The summed E-state index contributed by atoms with van der Waals surface area (Å²) in [5, 5.41) is 6.68. The molecule has 0 saturated heterocycles. The van der Waals surface area contributed by atoms with Crippen LogP contribution in [0.4, 0.5) is 0 Å². The van der Waals surface area contributed by atoms with Crippen molar-refractivity contribution in [1.82, 2.24) is 15.6 Å². The van der Waals surface area contributed by atoms with Crippen LogP contribution in [0.25, 0.3) is 0 Å². The number of aliphatic imine (C=N–C) groups is 1. The van der Waals surface area contributed by atoms with E-state index in [9.17, 15) is 0 Å². The predicted molar refractivity (Wildman–Crippen MR) is 98.3 cm³/mol. The first-order valence-electron chi connectivity index (χ1n) is 8.34. The largest absolute Gasteiger partial charge is 0.481 e. The number of nitrogens with one attached hydrogen (secondary N) is 2. The van der Waals surface area contributed by atoms with Crippen LogP contribution >= 0.6 is 0 Å². The molecule has 0 unspecified atom stereocenters. The number of aryl methyl sites for hydroxylation is 1. The van der Waals surface area contributed by atoms with Gasteiger partial charge >= 0.3 is 0 Å². The molecule has 0 spiro atoms. The molecule has 0 amide bonds. The second-order valence-corrected chi connectivity index (χ2v) is 5.38. The molecule has 1 aromatic heterocycles. The maximum Gasteiger partial charge on any atom is 0.213 e. The summed E-state index contributed by atoms with van der Waals surface area (Å²) in [4.78, 5) is 8.76. The number of aromatic nitrogens is 1. The number of ether oxygens (including phenoxy) is 1. The van der Waals surface area contributed by atoms with E-state index in [1.165, 1.54) is 11.1 Å². The number of benzene rings is 1. The van der Waals surface area contributed by atoms with Gasteiger partial charge in [-0.05, 0) is 36.1 Å². The van der Waals surface area contributed by atoms with Gasteiger partial charge in [0, 0.05) is 25.4 Å². The van der Waals surface area contributed by atoms with E-state index in [2.05, 4.69) is 58.7 Å².